The lowest BCUT2D eigenvalue weighted by atomic mass is 10.1. The molecule has 4 heteroatoms. The zero-order chi connectivity index (χ0) is 13.7. The van der Waals surface area contributed by atoms with Gasteiger partial charge < -0.3 is 0 Å². The van der Waals surface area contributed by atoms with E-state index in [0.29, 0.717) is 11.1 Å². The third-order valence-electron chi connectivity index (χ3n) is 2.89. The Hall–Kier alpha value is -1.89. The fraction of sp³-hybridized carbons (Fsp3) is 0.0667. The summed E-state index contributed by atoms with van der Waals surface area (Å²) in [6, 6.07) is 17.3. The predicted molar refractivity (Wildman–Crippen MR) is 76.9 cm³/mol. The minimum Gasteiger partial charge on any atom is -0.288 e. The maximum atomic E-state index is 10.9. The van der Waals surface area contributed by atoms with Gasteiger partial charge in [0, 0.05) is 0 Å². The molecule has 0 radical (unpaired) electrons. The molecule has 0 saturated heterocycles. The molecule has 3 nitrogen and oxygen atoms in total. The quantitative estimate of drug-likeness (QED) is 0.627. The first-order chi connectivity index (χ1) is 9.22. The van der Waals surface area contributed by atoms with Crippen LogP contribution in [0.2, 0.25) is 0 Å². The molecule has 2 aromatic rings. The second-order valence-electron chi connectivity index (χ2n) is 4.17. The molecule has 0 atom stereocenters. The summed E-state index contributed by atoms with van der Waals surface area (Å²) in [4.78, 5) is 21.9. The van der Waals surface area contributed by atoms with Crippen LogP contribution in [0.15, 0.2) is 54.6 Å². The molecule has 2 aromatic carbocycles. The molecule has 0 unspecified atom stereocenters. The zero-order valence-electron chi connectivity index (χ0n) is 10.7. The summed E-state index contributed by atoms with van der Waals surface area (Å²) in [5.74, 6) is -0.601. The molecule has 0 aromatic heterocycles. The van der Waals surface area contributed by atoms with Crippen molar-refractivity contribution in [2.24, 2.45) is 0 Å². The SMILES string of the molecule is O=C1NC(=O)c2ccccc21.[AlH2][CH2]c1ccccc1. The minimum absolute atomic E-state index is 0.300. The number of fused-ring (bicyclic) bond motifs is 1. The van der Waals surface area contributed by atoms with Gasteiger partial charge in [0.1, 0.15) is 0 Å². The smallest absolute Gasteiger partial charge is 0.258 e. The summed E-state index contributed by atoms with van der Waals surface area (Å²) < 4.78 is 0. The number of nitrogens with one attached hydrogen (secondary N) is 1. The van der Waals surface area contributed by atoms with E-state index in [1.165, 1.54) is 27.1 Å². The first-order valence-electron chi connectivity index (χ1n) is 6.21. The predicted octanol–water partition coefficient (Wildman–Crippen LogP) is 1.39. The largest absolute Gasteiger partial charge is 0.288 e. The third-order valence-corrected chi connectivity index (χ3v) is 3.71. The Morgan fingerprint density at radius 3 is 1.68 bits per heavy atom. The van der Waals surface area contributed by atoms with E-state index in [-0.39, 0.29) is 11.8 Å². The lowest BCUT2D eigenvalue weighted by Gasteiger charge is -1.89. The number of rotatable bonds is 1. The standard InChI is InChI=1S/C8H5NO2.C7H7.Al.2H/c10-7-5-3-1-2-4-6(5)8(11)9-7;1-7-5-3-2-4-6-7;;;/h1-4H,(H,9,10,11);2-6H,1H2;;;. The molecule has 1 aliphatic rings. The Kier molecular flexibility index (Phi) is 4.51. The van der Waals surface area contributed by atoms with Crippen molar-refractivity contribution in [2.75, 3.05) is 0 Å². The Labute approximate surface area is 120 Å². The van der Waals surface area contributed by atoms with Crippen molar-refractivity contribution >= 4 is 28.1 Å². The summed E-state index contributed by atoms with van der Waals surface area (Å²) in [7, 11) is 0. The second-order valence-corrected chi connectivity index (χ2v) is 4.88. The summed E-state index contributed by atoms with van der Waals surface area (Å²) in [5, 5.41) is 3.48. The topological polar surface area (TPSA) is 46.2 Å². The summed E-state index contributed by atoms with van der Waals surface area (Å²) >= 11 is 1.28. The van der Waals surface area contributed by atoms with Crippen molar-refractivity contribution in [2.45, 2.75) is 5.28 Å². The summed E-state index contributed by atoms with van der Waals surface area (Å²) in [6.07, 6.45) is 0. The molecular formula is C15H14AlNO2. The zero-order valence-corrected chi connectivity index (χ0v) is 12.7. The van der Waals surface area contributed by atoms with Gasteiger partial charge in [-0.2, -0.15) is 0 Å². The number of carbonyl (C=O) groups excluding carboxylic acids is 2. The lowest BCUT2D eigenvalue weighted by molar-refractivity contribution is 0.0879. The Balaban J connectivity index is 0.000000148. The van der Waals surface area contributed by atoms with Crippen LogP contribution in [0.5, 0.6) is 0 Å². The first kappa shape index (κ1) is 13.5. The second kappa shape index (κ2) is 6.33. The van der Waals surface area contributed by atoms with Crippen molar-refractivity contribution < 1.29 is 9.59 Å². The highest BCUT2D eigenvalue weighted by atomic mass is 27.0. The molecule has 3 rings (SSSR count). The van der Waals surface area contributed by atoms with E-state index in [2.05, 4.69) is 35.6 Å². The van der Waals surface area contributed by atoms with E-state index in [1.54, 1.807) is 24.3 Å². The van der Waals surface area contributed by atoms with Crippen LogP contribution in [0.4, 0.5) is 0 Å². The maximum Gasteiger partial charge on any atom is 0.258 e. The Morgan fingerprint density at radius 1 is 0.789 bits per heavy atom. The normalized spacial score (nSPS) is 12.2. The van der Waals surface area contributed by atoms with E-state index in [4.69, 9.17) is 0 Å². The Morgan fingerprint density at radius 2 is 1.26 bits per heavy atom. The van der Waals surface area contributed by atoms with Crippen LogP contribution in [-0.2, 0) is 5.28 Å². The van der Waals surface area contributed by atoms with E-state index >= 15 is 0 Å². The molecule has 2 amide bonds. The van der Waals surface area contributed by atoms with Crippen LogP contribution in [0.1, 0.15) is 26.3 Å². The van der Waals surface area contributed by atoms with Crippen molar-refractivity contribution in [3.8, 4) is 0 Å². The highest BCUT2D eigenvalue weighted by Crippen LogP contribution is 2.13. The van der Waals surface area contributed by atoms with Crippen LogP contribution in [0, 0.1) is 0 Å². The third kappa shape index (κ3) is 3.32. The van der Waals surface area contributed by atoms with Crippen LogP contribution >= 0.6 is 0 Å². The van der Waals surface area contributed by atoms with Gasteiger partial charge in [0.15, 0.2) is 0 Å². The van der Waals surface area contributed by atoms with Gasteiger partial charge in [-0.25, -0.2) is 0 Å². The van der Waals surface area contributed by atoms with Gasteiger partial charge in [-0.1, -0.05) is 53.3 Å². The van der Waals surface area contributed by atoms with E-state index in [0.717, 1.165) is 0 Å². The molecule has 1 heterocycles. The molecule has 19 heavy (non-hydrogen) atoms. The summed E-state index contributed by atoms with van der Waals surface area (Å²) in [5.41, 5.74) is 2.41. The van der Waals surface area contributed by atoms with E-state index in [9.17, 15) is 9.59 Å². The average molecular weight is 267 g/mol. The Bertz CT molecular complexity index is 563. The number of benzene rings is 2. The highest BCUT2D eigenvalue weighted by Gasteiger charge is 2.25. The fourth-order valence-electron chi connectivity index (χ4n) is 1.83. The number of carbonyl (C=O) groups is 2. The number of hydrogen-bond donors (Lipinski definition) is 1. The molecule has 0 bridgehead atoms. The average Bonchev–Trinajstić information content (AvgIpc) is 2.76. The van der Waals surface area contributed by atoms with E-state index in [1.807, 2.05) is 0 Å². The molecular weight excluding hydrogens is 253 g/mol. The van der Waals surface area contributed by atoms with E-state index < -0.39 is 0 Å². The van der Waals surface area contributed by atoms with Crippen molar-refractivity contribution in [1.82, 2.24) is 5.32 Å². The molecule has 0 spiro atoms. The molecule has 1 N–H and O–H groups in total. The van der Waals surface area contributed by atoms with Crippen molar-refractivity contribution in [3.63, 3.8) is 0 Å². The molecule has 0 aliphatic carbocycles. The van der Waals surface area contributed by atoms with Crippen molar-refractivity contribution in [3.05, 3.63) is 71.3 Å². The van der Waals surface area contributed by atoms with Gasteiger partial charge in [0.05, 0.1) is 11.1 Å². The molecule has 1 aliphatic heterocycles. The van der Waals surface area contributed by atoms with Crippen molar-refractivity contribution in [1.29, 1.82) is 0 Å². The molecule has 0 saturated carbocycles. The van der Waals surface area contributed by atoms with Gasteiger partial charge in [-0.05, 0) is 12.1 Å². The van der Waals surface area contributed by atoms with Crippen LogP contribution < -0.4 is 5.32 Å². The first-order valence-corrected chi connectivity index (χ1v) is 7.62. The van der Waals surface area contributed by atoms with Gasteiger partial charge in [0.25, 0.3) is 11.8 Å². The number of amides is 2. The van der Waals surface area contributed by atoms with Gasteiger partial charge in [-0.15, -0.1) is 0 Å². The minimum atomic E-state index is -0.300. The number of hydrogen-bond acceptors (Lipinski definition) is 2. The highest BCUT2D eigenvalue weighted by molar-refractivity contribution is 6.21. The summed E-state index contributed by atoms with van der Waals surface area (Å²) in [6.45, 7) is 0. The maximum absolute atomic E-state index is 10.9. The van der Waals surface area contributed by atoms with Crippen LogP contribution in [0.3, 0.4) is 0 Å². The van der Waals surface area contributed by atoms with Gasteiger partial charge in [0.2, 0.25) is 16.3 Å². The molecule has 0 fully saturated rings. The van der Waals surface area contributed by atoms with Gasteiger partial charge >= 0.3 is 0 Å². The molecule has 94 valence electrons. The lowest BCUT2D eigenvalue weighted by Crippen LogP contribution is -2.19. The van der Waals surface area contributed by atoms with Crippen LogP contribution in [0.25, 0.3) is 0 Å². The monoisotopic (exact) mass is 267 g/mol. The fourth-order valence-corrected chi connectivity index (χ4v) is 2.30. The van der Waals surface area contributed by atoms with Crippen LogP contribution in [-0.4, -0.2) is 28.1 Å². The van der Waals surface area contributed by atoms with Gasteiger partial charge in [-0.3, -0.25) is 14.9 Å². The number of imide groups is 1.